The van der Waals surface area contributed by atoms with E-state index in [0.29, 0.717) is 11.9 Å². The van der Waals surface area contributed by atoms with Gasteiger partial charge in [0.15, 0.2) is 0 Å². The van der Waals surface area contributed by atoms with Gasteiger partial charge in [-0.15, -0.1) is 11.8 Å². The third-order valence-corrected chi connectivity index (χ3v) is 4.78. The van der Waals surface area contributed by atoms with Crippen LogP contribution in [0.3, 0.4) is 0 Å². The van der Waals surface area contributed by atoms with Gasteiger partial charge < -0.3 is 0 Å². The largest absolute Gasteiger partial charge is 0.445 e. The molecule has 0 aliphatic rings. The number of nitrogens with zero attached hydrogens (tertiary/aromatic N) is 4. The summed E-state index contributed by atoms with van der Waals surface area (Å²) in [6.45, 7) is 1.66. The predicted octanol–water partition coefficient (Wildman–Crippen LogP) is 3.77. The van der Waals surface area contributed by atoms with Gasteiger partial charge in [-0.1, -0.05) is 18.3 Å². The predicted molar refractivity (Wildman–Crippen MR) is 81.6 cm³/mol. The van der Waals surface area contributed by atoms with E-state index >= 15 is 0 Å². The first-order valence-corrected chi connectivity index (χ1v) is 8.64. The lowest BCUT2D eigenvalue weighted by Gasteiger charge is -2.10. The minimum Gasteiger partial charge on any atom is -0.265 e. The van der Waals surface area contributed by atoms with Crippen molar-refractivity contribution in [1.29, 1.82) is 0 Å². The van der Waals surface area contributed by atoms with Crippen LogP contribution in [-0.4, -0.2) is 26.4 Å². The smallest absolute Gasteiger partial charge is 0.265 e. The molecule has 0 unspecified atom stereocenters. The van der Waals surface area contributed by atoms with Crippen LogP contribution in [0.25, 0.3) is 0 Å². The summed E-state index contributed by atoms with van der Waals surface area (Å²) in [6, 6.07) is 0.762. The quantitative estimate of drug-likeness (QED) is 0.565. The lowest BCUT2D eigenvalue weighted by molar-refractivity contribution is -0.139. The molecule has 2 aromatic heterocycles. The monoisotopic (exact) mass is 416 g/mol. The molecule has 5 nitrogen and oxygen atoms in total. The molecule has 0 aliphatic heterocycles. The highest BCUT2D eigenvalue weighted by Crippen LogP contribution is 2.33. The van der Waals surface area contributed by atoms with Crippen LogP contribution in [0.4, 0.5) is 26.3 Å². The minimum atomic E-state index is -4.70. The Morgan fingerprint density at radius 3 is 2.42 bits per heavy atom. The van der Waals surface area contributed by atoms with Crippen LogP contribution in [0, 0.1) is 0 Å². The van der Waals surface area contributed by atoms with E-state index in [0.717, 1.165) is 22.5 Å². The average Bonchev–Trinajstić information content (AvgIpc) is 2.88. The van der Waals surface area contributed by atoms with E-state index in [1.54, 1.807) is 6.92 Å². The molecule has 0 N–H and O–H groups in total. The van der Waals surface area contributed by atoms with Crippen molar-refractivity contribution in [3.63, 3.8) is 0 Å². The molecule has 0 bridgehead atoms. The van der Waals surface area contributed by atoms with Crippen molar-refractivity contribution in [1.82, 2.24) is 14.8 Å². The minimum absolute atomic E-state index is 0.0562. The van der Waals surface area contributed by atoms with Crippen LogP contribution in [0.15, 0.2) is 22.2 Å². The maximum absolute atomic E-state index is 12.8. The number of carbonyl (C=O) groups excluding carboxylic acids is 1. The average molecular weight is 416 g/mol. The van der Waals surface area contributed by atoms with E-state index in [1.807, 2.05) is 0 Å². The summed E-state index contributed by atoms with van der Waals surface area (Å²) < 4.78 is 77.1. The molecule has 0 radical (unpaired) electrons. The number of aromatic nitrogens is 3. The fourth-order valence-corrected chi connectivity index (χ4v) is 3.28. The van der Waals surface area contributed by atoms with E-state index in [1.165, 1.54) is 7.05 Å². The van der Waals surface area contributed by atoms with E-state index in [-0.39, 0.29) is 26.7 Å². The van der Waals surface area contributed by atoms with Crippen LogP contribution >= 0.6 is 23.1 Å². The summed E-state index contributed by atoms with van der Waals surface area (Å²) in [7, 11) is 1.17. The third kappa shape index (κ3) is 4.63. The van der Waals surface area contributed by atoms with Crippen molar-refractivity contribution in [3.05, 3.63) is 33.3 Å². The van der Waals surface area contributed by atoms with Gasteiger partial charge in [0, 0.05) is 18.1 Å². The number of thioether (sulfide) groups is 1. The molecule has 2 heterocycles. The van der Waals surface area contributed by atoms with Crippen LogP contribution in [0.2, 0.25) is 0 Å². The second kappa shape index (κ2) is 7.39. The molecule has 0 aliphatic carbocycles. The number of alkyl halides is 6. The van der Waals surface area contributed by atoms with Gasteiger partial charge in [0.05, 0.1) is 5.56 Å². The Labute approximate surface area is 150 Å². The number of hydrogen-bond donors (Lipinski definition) is 0. The van der Waals surface area contributed by atoms with Crippen molar-refractivity contribution in [3.8, 4) is 0 Å². The Bertz CT molecular complexity index is 884. The van der Waals surface area contributed by atoms with Crippen molar-refractivity contribution in [2.75, 3.05) is 5.75 Å². The van der Waals surface area contributed by atoms with E-state index in [2.05, 4.69) is 15.1 Å². The van der Waals surface area contributed by atoms with Gasteiger partial charge in [-0.25, -0.2) is 9.67 Å². The van der Waals surface area contributed by atoms with Gasteiger partial charge in [0.1, 0.15) is 5.69 Å². The zero-order chi connectivity index (χ0) is 19.7. The fraction of sp³-hybridized carbons (Fsp3) is 0.385. The number of amides is 1. The van der Waals surface area contributed by atoms with Crippen molar-refractivity contribution in [2.45, 2.75) is 24.2 Å². The molecule has 2 rings (SSSR count). The van der Waals surface area contributed by atoms with Crippen molar-refractivity contribution in [2.24, 2.45) is 12.0 Å². The Kier molecular flexibility index (Phi) is 5.80. The first kappa shape index (κ1) is 20.4. The summed E-state index contributed by atoms with van der Waals surface area (Å²) in [6.07, 6.45) is -8.86. The second-order valence-electron chi connectivity index (χ2n) is 4.73. The summed E-state index contributed by atoms with van der Waals surface area (Å²) >= 11 is 1.08. The topological polar surface area (TPSA) is 60.1 Å². The normalized spacial score (nSPS) is 13.3. The number of rotatable bonds is 3. The van der Waals surface area contributed by atoms with Crippen LogP contribution in [-0.2, 0) is 19.4 Å². The lowest BCUT2D eigenvalue weighted by atomic mass is 10.2. The fourth-order valence-electron chi connectivity index (χ4n) is 1.73. The first-order chi connectivity index (χ1) is 11.9. The van der Waals surface area contributed by atoms with Gasteiger partial charge in [0.25, 0.3) is 5.91 Å². The third-order valence-electron chi connectivity index (χ3n) is 2.83. The number of aryl methyl sites for hydroxylation is 1. The summed E-state index contributed by atoms with van der Waals surface area (Å²) in [5.74, 6) is -0.696. The van der Waals surface area contributed by atoms with Gasteiger partial charge in [0.2, 0.25) is 9.81 Å². The Morgan fingerprint density at radius 1 is 1.27 bits per heavy atom. The molecule has 0 saturated heterocycles. The molecule has 0 atom stereocenters. The molecule has 26 heavy (non-hydrogen) atoms. The maximum atomic E-state index is 12.8. The highest BCUT2D eigenvalue weighted by atomic mass is 32.2. The van der Waals surface area contributed by atoms with Crippen LogP contribution in [0.1, 0.15) is 28.0 Å². The van der Waals surface area contributed by atoms with Gasteiger partial charge in [-0.05, 0) is 11.8 Å². The van der Waals surface area contributed by atoms with Crippen molar-refractivity contribution >= 4 is 29.0 Å². The molecule has 0 saturated carbocycles. The molecule has 2 aromatic rings. The van der Waals surface area contributed by atoms with E-state index < -0.39 is 28.8 Å². The Morgan fingerprint density at radius 2 is 1.92 bits per heavy atom. The number of pyridine rings is 1. The highest BCUT2D eigenvalue weighted by Gasteiger charge is 2.36. The Hall–Kier alpha value is -1.89. The molecular weight excluding hydrogens is 406 g/mol. The molecule has 0 spiro atoms. The van der Waals surface area contributed by atoms with Gasteiger partial charge in [-0.3, -0.25) is 4.79 Å². The molecule has 142 valence electrons. The zero-order valence-electron chi connectivity index (χ0n) is 13.1. The molecule has 1 amide bonds. The second-order valence-corrected chi connectivity index (χ2v) is 6.99. The van der Waals surface area contributed by atoms with E-state index in [4.69, 9.17) is 0 Å². The molecular formula is C13H10F6N4OS2. The lowest BCUT2D eigenvalue weighted by Crippen LogP contribution is -2.16. The molecule has 0 fully saturated rings. The SMILES string of the molecule is CCSc1cc(C(F)(F)F)cnc1C(=O)N=c1sc(C(F)(F)F)nn1C. The zero-order valence-corrected chi connectivity index (χ0v) is 14.8. The molecule has 13 heteroatoms. The van der Waals surface area contributed by atoms with Gasteiger partial charge in [-0.2, -0.15) is 36.4 Å². The van der Waals surface area contributed by atoms with Crippen molar-refractivity contribution < 1.29 is 31.1 Å². The standard InChI is InChI=1S/C13H10F6N4OS2/c1-3-25-7-4-6(12(14,15)16)5-20-8(7)9(24)21-11-23(2)22-10(26-11)13(17,18)19/h4-5H,3H2,1-2H3. The highest BCUT2D eigenvalue weighted by molar-refractivity contribution is 7.99. The Balaban J connectivity index is 2.48. The van der Waals surface area contributed by atoms with Crippen LogP contribution in [0.5, 0.6) is 0 Å². The number of hydrogen-bond acceptors (Lipinski definition) is 5. The van der Waals surface area contributed by atoms with Gasteiger partial charge >= 0.3 is 12.4 Å². The first-order valence-electron chi connectivity index (χ1n) is 6.84. The summed E-state index contributed by atoms with van der Waals surface area (Å²) in [5, 5.41) is 2.02. The summed E-state index contributed by atoms with van der Waals surface area (Å²) in [4.78, 5) is 18.9. The maximum Gasteiger partial charge on any atom is 0.445 e. The number of carbonyl (C=O) groups is 1. The number of halogens is 6. The molecule has 0 aromatic carbocycles. The summed E-state index contributed by atoms with van der Waals surface area (Å²) in [5.41, 5.74) is -1.40. The van der Waals surface area contributed by atoms with E-state index in [9.17, 15) is 31.1 Å². The van der Waals surface area contributed by atoms with Crippen LogP contribution < -0.4 is 4.80 Å².